The lowest BCUT2D eigenvalue weighted by Crippen LogP contribution is -2.16. The second-order valence-corrected chi connectivity index (χ2v) is 6.42. The number of aryl methyl sites for hydroxylation is 1. The van der Waals surface area contributed by atoms with Crippen LogP contribution in [0.5, 0.6) is 5.75 Å². The van der Waals surface area contributed by atoms with Crippen molar-refractivity contribution in [2.45, 2.75) is 26.8 Å². The molecule has 2 aromatic rings. The van der Waals surface area contributed by atoms with E-state index in [1.807, 2.05) is 18.4 Å². The number of carbonyl (C=O) groups is 2. The van der Waals surface area contributed by atoms with Crippen molar-refractivity contribution in [2.24, 2.45) is 0 Å². The Kier molecular flexibility index (Phi) is 7.49. The number of nitrogens with zero attached hydrogens (tertiary/aromatic N) is 2. The largest absolute Gasteiger partial charge is 0.496 e. The van der Waals surface area contributed by atoms with Gasteiger partial charge in [0.05, 0.1) is 12.0 Å². The van der Waals surface area contributed by atoms with Crippen molar-refractivity contribution in [3.63, 3.8) is 0 Å². The zero-order chi connectivity index (χ0) is 21.6. The summed E-state index contributed by atoms with van der Waals surface area (Å²) in [5.41, 5.74) is 1.79. The number of ketones is 1. The molecule has 0 saturated heterocycles. The average molecular weight is 404 g/mol. The minimum atomic E-state index is -0.868. The Morgan fingerprint density at radius 3 is 2.48 bits per heavy atom. The maximum Gasteiger partial charge on any atom is 0.342 e. The van der Waals surface area contributed by atoms with Crippen molar-refractivity contribution in [2.75, 3.05) is 27.4 Å². The van der Waals surface area contributed by atoms with E-state index < -0.39 is 17.5 Å². The van der Waals surface area contributed by atoms with Crippen molar-refractivity contribution < 1.29 is 28.7 Å². The summed E-state index contributed by atoms with van der Waals surface area (Å²) in [7, 11) is 2.97. The van der Waals surface area contributed by atoms with Gasteiger partial charge in [-0.15, -0.1) is 0 Å². The summed E-state index contributed by atoms with van der Waals surface area (Å²) in [4.78, 5) is 35.3. The number of hydrogen-bond acceptors (Lipinski definition) is 7. The maximum absolute atomic E-state index is 12.6. The van der Waals surface area contributed by atoms with Crippen molar-refractivity contribution in [3.05, 3.63) is 56.9 Å². The van der Waals surface area contributed by atoms with Crippen LogP contribution >= 0.6 is 0 Å². The number of aromatic nitrogens is 1. The molecule has 0 unspecified atom stereocenters. The molecular weight excluding hydrogens is 380 g/mol. The number of hydrogen-bond donors (Lipinski definition) is 0. The third-order valence-corrected chi connectivity index (χ3v) is 4.55. The summed E-state index contributed by atoms with van der Waals surface area (Å²) < 4.78 is 17.2. The molecule has 0 N–H and O–H groups in total. The molecule has 29 heavy (non-hydrogen) atoms. The lowest BCUT2D eigenvalue weighted by Gasteiger charge is -2.10. The number of benzene rings is 1. The van der Waals surface area contributed by atoms with Crippen LogP contribution in [0.15, 0.2) is 24.3 Å². The molecule has 9 heteroatoms. The van der Waals surface area contributed by atoms with Gasteiger partial charge in [-0.25, -0.2) is 4.79 Å². The number of nitro groups is 1. The van der Waals surface area contributed by atoms with Gasteiger partial charge in [0.1, 0.15) is 11.3 Å². The Labute approximate surface area is 168 Å². The van der Waals surface area contributed by atoms with Gasteiger partial charge in [0.2, 0.25) is 5.78 Å². The molecule has 2 rings (SSSR count). The lowest BCUT2D eigenvalue weighted by molar-refractivity contribution is -0.384. The Morgan fingerprint density at radius 2 is 1.86 bits per heavy atom. The first kappa shape index (κ1) is 22.1. The van der Waals surface area contributed by atoms with Crippen molar-refractivity contribution in [1.82, 2.24) is 4.57 Å². The number of methoxy groups -OCH3 is 2. The Hall–Kier alpha value is -3.20. The van der Waals surface area contributed by atoms with E-state index in [0.717, 1.165) is 23.9 Å². The van der Waals surface area contributed by atoms with E-state index in [2.05, 4.69) is 0 Å². The molecule has 156 valence electrons. The fourth-order valence-electron chi connectivity index (χ4n) is 3.05. The van der Waals surface area contributed by atoms with Crippen LogP contribution in [-0.2, 0) is 16.0 Å². The SMILES string of the molecule is COCCCn1c(C)cc(C(=O)COC(=O)c2cc([N+](=O)[O-])ccc2OC)c1C. The van der Waals surface area contributed by atoms with Gasteiger partial charge in [0, 0.05) is 49.3 Å². The highest BCUT2D eigenvalue weighted by molar-refractivity contribution is 6.01. The van der Waals surface area contributed by atoms with Gasteiger partial charge in [-0.05, 0) is 32.4 Å². The van der Waals surface area contributed by atoms with Gasteiger partial charge >= 0.3 is 5.97 Å². The molecule has 1 aromatic carbocycles. The van der Waals surface area contributed by atoms with E-state index in [1.54, 1.807) is 13.2 Å². The summed E-state index contributed by atoms with van der Waals surface area (Å²) in [5.74, 6) is -1.09. The number of non-ortho nitro benzene ring substituents is 1. The van der Waals surface area contributed by atoms with Gasteiger partial charge in [0.25, 0.3) is 5.69 Å². The summed E-state index contributed by atoms with van der Waals surface area (Å²) in [6.45, 7) is 4.58. The van der Waals surface area contributed by atoms with Crippen LogP contribution in [0.25, 0.3) is 0 Å². The molecule has 0 aliphatic rings. The second kappa shape index (κ2) is 9.83. The maximum atomic E-state index is 12.6. The predicted octanol–water partition coefficient (Wildman–Crippen LogP) is 3.10. The lowest BCUT2D eigenvalue weighted by atomic mass is 10.1. The zero-order valence-corrected chi connectivity index (χ0v) is 16.9. The Bertz CT molecular complexity index is 918. The molecule has 0 saturated carbocycles. The third kappa shape index (κ3) is 5.20. The van der Waals surface area contributed by atoms with E-state index in [1.165, 1.54) is 19.2 Å². The highest BCUT2D eigenvalue weighted by Gasteiger charge is 2.21. The monoisotopic (exact) mass is 404 g/mol. The molecule has 0 aliphatic carbocycles. The van der Waals surface area contributed by atoms with Crippen molar-refractivity contribution >= 4 is 17.4 Å². The standard InChI is InChI=1S/C20H24N2O7/c1-13-10-16(14(2)21(13)8-5-9-27-3)18(23)12-29-20(24)17-11-15(22(25)26)6-7-19(17)28-4/h6-7,10-11H,5,8-9,12H2,1-4H3. The van der Waals surface area contributed by atoms with Gasteiger partial charge in [-0.3, -0.25) is 14.9 Å². The van der Waals surface area contributed by atoms with E-state index in [-0.39, 0.29) is 22.8 Å². The van der Waals surface area contributed by atoms with Crippen LogP contribution in [0.4, 0.5) is 5.69 Å². The van der Waals surface area contributed by atoms with Crippen molar-refractivity contribution in [1.29, 1.82) is 0 Å². The molecule has 9 nitrogen and oxygen atoms in total. The first-order chi connectivity index (χ1) is 13.8. The summed E-state index contributed by atoms with van der Waals surface area (Å²) in [6.07, 6.45) is 0.808. The van der Waals surface area contributed by atoms with Crippen LogP contribution in [-0.4, -0.2) is 48.7 Å². The highest BCUT2D eigenvalue weighted by atomic mass is 16.6. The van der Waals surface area contributed by atoms with E-state index in [4.69, 9.17) is 14.2 Å². The molecule has 0 bridgehead atoms. The number of carbonyl (C=O) groups excluding carboxylic acids is 2. The van der Waals surface area contributed by atoms with E-state index in [9.17, 15) is 19.7 Å². The summed E-state index contributed by atoms with van der Waals surface area (Å²) in [5, 5.41) is 10.9. The Balaban J connectivity index is 2.11. The fraction of sp³-hybridized carbons (Fsp3) is 0.400. The van der Waals surface area contributed by atoms with Gasteiger partial charge in [-0.1, -0.05) is 0 Å². The van der Waals surface area contributed by atoms with E-state index in [0.29, 0.717) is 18.7 Å². The molecule has 0 atom stereocenters. The minimum absolute atomic E-state index is 0.112. The van der Waals surface area contributed by atoms with E-state index >= 15 is 0 Å². The van der Waals surface area contributed by atoms with Crippen LogP contribution in [0.2, 0.25) is 0 Å². The van der Waals surface area contributed by atoms with Gasteiger partial charge in [0.15, 0.2) is 6.61 Å². The quantitative estimate of drug-likeness (QED) is 0.197. The molecular formula is C20H24N2O7. The van der Waals surface area contributed by atoms with Crippen LogP contribution < -0.4 is 4.74 Å². The zero-order valence-electron chi connectivity index (χ0n) is 16.9. The first-order valence-corrected chi connectivity index (χ1v) is 8.98. The topological polar surface area (TPSA) is 110 Å². The predicted molar refractivity (Wildman–Crippen MR) is 105 cm³/mol. The van der Waals surface area contributed by atoms with Crippen LogP contribution in [0, 0.1) is 24.0 Å². The van der Waals surface area contributed by atoms with Crippen LogP contribution in [0.1, 0.15) is 38.5 Å². The average Bonchev–Trinajstić information content (AvgIpc) is 2.99. The van der Waals surface area contributed by atoms with Crippen molar-refractivity contribution in [3.8, 4) is 5.75 Å². The molecule has 0 fully saturated rings. The second-order valence-electron chi connectivity index (χ2n) is 6.42. The number of Topliss-reactive ketones (excluding diaryl/α,β-unsaturated/α-hetero) is 1. The Morgan fingerprint density at radius 1 is 1.14 bits per heavy atom. The number of esters is 1. The first-order valence-electron chi connectivity index (χ1n) is 8.98. The summed E-state index contributed by atoms with van der Waals surface area (Å²) >= 11 is 0. The van der Waals surface area contributed by atoms with Gasteiger partial charge < -0.3 is 18.8 Å². The number of rotatable bonds is 10. The molecule has 1 heterocycles. The molecule has 1 aromatic heterocycles. The molecule has 0 spiro atoms. The molecule has 0 amide bonds. The molecule has 0 radical (unpaired) electrons. The minimum Gasteiger partial charge on any atom is -0.496 e. The van der Waals surface area contributed by atoms with Gasteiger partial charge in [-0.2, -0.15) is 0 Å². The summed E-state index contributed by atoms with van der Waals surface area (Å²) in [6, 6.07) is 5.35. The highest BCUT2D eigenvalue weighted by Crippen LogP contribution is 2.25. The number of nitro benzene ring substituents is 1. The number of ether oxygens (including phenoxy) is 3. The van der Waals surface area contributed by atoms with Crippen LogP contribution in [0.3, 0.4) is 0 Å². The fourth-order valence-corrected chi connectivity index (χ4v) is 3.05. The third-order valence-electron chi connectivity index (χ3n) is 4.55. The smallest absolute Gasteiger partial charge is 0.342 e. The molecule has 0 aliphatic heterocycles. The normalized spacial score (nSPS) is 10.6.